The second-order valence-electron chi connectivity index (χ2n) is 6.21. The summed E-state index contributed by atoms with van der Waals surface area (Å²) in [7, 11) is 0. The lowest BCUT2D eigenvalue weighted by Gasteiger charge is -2.32. The lowest BCUT2D eigenvalue weighted by atomic mass is 9.82. The van der Waals surface area contributed by atoms with Crippen molar-refractivity contribution in [2.24, 2.45) is 5.41 Å². The molecular weight excluding hydrogens is 240 g/mol. The molecule has 0 aromatic rings. The first-order chi connectivity index (χ1) is 9.11. The molecule has 0 saturated carbocycles. The Labute approximate surface area is 116 Å². The maximum atomic E-state index is 11.6. The Morgan fingerprint density at radius 3 is 2.37 bits per heavy atom. The van der Waals surface area contributed by atoms with Gasteiger partial charge >= 0.3 is 5.97 Å². The molecule has 0 aromatic carbocycles. The van der Waals surface area contributed by atoms with Crippen molar-refractivity contribution in [3.63, 3.8) is 0 Å². The van der Waals surface area contributed by atoms with Crippen molar-refractivity contribution in [2.45, 2.75) is 52.0 Å². The van der Waals surface area contributed by atoms with E-state index in [-0.39, 0.29) is 0 Å². The summed E-state index contributed by atoms with van der Waals surface area (Å²) in [6.45, 7) is 9.34. The minimum atomic E-state index is -0.623. The fourth-order valence-corrected chi connectivity index (χ4v) is 3.63. The monoisotopic (exact) mass is 268 g/mol. The van der Waals surface area contributed by atoms with Crippen molar-refractivity contribution in [3.8, 4) is 0 Å². The van der Waals surface area contributed by atoms with Gasteiger partial charge in [0.05, 0.1) is 5.41 Å². The molecule has 4 heteroatoms. The average Bonchev–Trinajstić information content (AvgIpc) is 3.06. The van der Waals surface area contributed by atoms with E-state index in [4.69, 9.17) is 0 Å². The first-order valence-electron chi connectivity index (χ1n) is 7.81. The Hall–Kier alpha value is -0.610. The number of likely N-dealkylation sites (tertiary alicyclic amines) is 2. The van der Waals surface area contributed by atoms with Crippen LogP contribution in [0.5, 0.6) is 0 Å². The zero-order chi connectivity index (χ0) is 13.9. The summed E-state index contributed by atoms with van der Waals surface area (Å²) < 4.78 is 0. The molecule has 110 valence electrons. The molecule has 2 saturated heterocycles. The van der Waals surface area contributed by atoms with E-state index < -0.39 is 11.4 Å². The topological polar surface area (TPSA) is 43.8 Å². The molecule has 2 rings (SSSR count). The predicted molar refractivity (Wildman–Crippen MR) is 76.3 cm³/mol. The molecule has 2 fully saturated rings. The van der Waals surface area contributed by atoms with Crippen LogP contribution in [0.25, 0.3) is 0 Å². The molecule has 19 heavy (non-hydrogen) atoms. The molecule has 2 heterocycles. The van der Waals surface area contributed by atoms with Crippen molar-refractivity contribution in [2.75, 3.05) is 32.7 Å². The van der Waals surface area contributed by atoms with Gasteiger partial charge in [0, 0.05) is 19.1 Å². The maximum absolute atomic E-state index is 11.6. The summed E-state index contributed by atoms with van der Waals surface area (Å²) in [6, 6.07) is 0.669. The van der Waals surface area contributed by atoms with Crippen molar-refractivity contribution in [1.82, 2.24) is 9.80 Å². The summed E-state index contributed by atoms with van der Waals surface area (Å²) >= 11 is 0. The van der Waals surface area contributed by atoms with Crippen LogP contribution < -0.4 is 0 Å². The molecule has 0 aromatic heterocycles. The Morgan fingerprint density at radius 2 is 1.84 bits per heavy atom. The number of hydrogen-bond acceptors (Lipinski definition) is 3. The van der Waals surface area contributed by atoms with Crippen LogP contribution in [0.4, 0.5) is 0 Å². The van der Waals surface area contributed by atoms with Crippen LogP contribution in [0.3, 0.4) is 0 Å². The first kappa shape index (κ1) is 14.8. The van der Waals surface area contributed by atoms with Gasteiger partial charge in [0.15, 0.2) is 0 Å². The maximum Gasteiger partial charge on any atom is 0.310 e. The van der Waals surface area contributed by atoms with Crippen molar-refractivity contribution in [3.05, 3.63) is 0 Å². The molecule has 2 aliphatic heterocycles. The summed E-state index contributed by atoms with van der Waals surface area (Å²) in [5.74, 6) is -0.623. The number of rotatable bonds is 6. The quantitative estimate of drug-likeness (QED) is 0.800. The molecule has 0 amide bonds. The van der Waals surface area contributed by atoms with Crippen LogP contribution in [-0.4, -0.2) is 59.6 Å². The molecular formula is C15H28N2O2. The Morgan fingerprint density at radius 1 is 1.21 bits per heavy atom. The molecule has 1 unspecified atom stereocenters. The van der Waals surface area contributed by atoms with E-state index in [1.807, 2.05) is 13.8 Å². The van der Waals surface area contributed by atoms with E-state index in [1.165, 1.54) is 32.4 Å². The predicted octanol–water partition coefficient (Wildman–Crippen LogP) is 2.05. The highest BCUT2D eigenvalue weighted by Crippen LogP contribution is 2.30. The van der Waals surface area contributed by atoms with Crippen molar-refractivity contribution in [1.29, 1.82) is 0 Å². The van der Waals surface area contributed by atoms with E-state index in [0.717, 1.165) is 32.5 Å². The Bertz CT molecular complexity index is 309. The smallest absolute Gasteiger partial charge is 0.310 e. The van der Waals surface area contributed by atoms with Gasteiger partial charge in [-0.3, -0.25) is 9.69 Å². The van der Waals surface area contributed by atoms with Gasteiger partial charge in [-0.15, -0.1) is 0 Å². The van der Waals surface area contributed by atoms with Crippen LogP contribution in [0, 0.1) is 5.41 Å². The summed E-state index contributed by atoms with van der Waals surface area (Å²) in [6.07, 6.45) is 5.33. The molecule has 4 nitrogen and oxygen atoms in total. The second kappa shape index (κ2) is 6.23. The van der Waals surface area contributed by atoms with E-state index in [2.05, 4.69) is 9.80 Å². The number of carbonyl (C=O) groups is 1. The molecule has 0 aliphatic carbocycles. The third-order valence-corrected chi connectivity index (χ3v) is 5.24. The number of aliphatic carboxylic acids is 1. The standard InChI is InChI=1S/C15H28N2O2/c1-3-15(4-2,14(18)19)12-16-10-7-13(11-16)17-8-5-6-9-17/h13H,3-12H2,1-2H3,(H,18,19). The van der Waals surface area contributed by atoms with Gasteiger partial charge in [-0.25, -0.2) is 0 Å². The third-order valence-electron chi connectivity index (χ3n) is 5.24. The lowest BCUT2D eigenvalue weighted by Crippen LogP contribution is -2.43. The minimum Gasteiger partial charge on any atom is -0.481 e. The van der Waals surface area contributed by atoms with Gasteiger partial charge < -0.3 is 10.0 Å². The molecule has 1 N–H and O–H groups in total. The number of carboxylic acids is 1. The van der Waals surface area contributed by atoms with E-state index in [9.17, 15) is 9.90 Å². The third kappa shape index (κ3) is 3.11. The van der Waals surface area contributed by atoms with E-state index in [1.54, 1.807) is 0 Å². The fourth-order valence-electron chi connectivity index (χ4n) is 3.63. The number of carboxylic acid groups (broad SMARTS) is 1. The van der Waals surface area contributed by atoms with Crippen molar-refractivity contribution < 1.29 is 9.90 Å². The van der Waals surface area contributed by atoms with Gasteiger partial charge in [-0.1, -0.05) is 13.8 Å². The van der Waals surface area contributed by atoms with Crippen LogP contribution in [0.2, 0.25) is 0 Å². The van der Waals surface area contributed by atoms with Gasteiger partial charge in [0.1, 0.15) is 0 Å². The number of nitrogens with zero attached hydrogens (tertiary/aromatic N) is 2. The lowest BCUT2D eigenvalue weighted by molar-refractivity contribution is -0.150. The highest BCUT2D eigenvalue weighted by molar-refractivity contribution is 5.74. The Balaban J connectivity index is 1.91. The van der Waals surface area contributed by atoms with Crippen LogP contribution in [0.1, 0.15) is 46.0 Å². The van der Waals surface area contributed by atoms with Crippen LogP contribution in [-0.2, 0) is 4.79 Å². The summed E-state index contributed by atoms with van der Waals surface area (Å²) in [5, 5.41) is 9.52. The average molecular weight is 268 g/mol. The van der Waals surface area contributed by atoms with Gasteiger partial charge in [0.2, 0.25) is 0 Å². The molecule has 1 atom stereocenters. The van der Waals surface area contributed by atoms with Gasteiger partial charge in [-0.05, 0) is 51.7 Å². The molecule has 0 radical (unpaired) electrons. The molecule has 0 bridgehead atoms. The largest absolute Gasteiger partial charge is 0.481 e. The Kier molecular flexibility index (Phi) is 4.85. The normalized spacial score (nSPS) is 26.1. The van der Waals surface area contributed by atoms with Gasteiger partial charge in [-0.2, -0.15) is 0 Å². The summed E-state index contributed by atoms with van der Waals surface area (Å²) in [5.41, 5.74) is -0.542. The van der Waals surface area contributed by atoms with Crippen LogP contribution >= 0.6 is 0 Å². The molecule has 0 spiro atoms. The zero-order valence-corrected chi connectivity index (χ0v) is 12.4. The SMILES string of the molecule is CCC(CC)(CN1CCC(N2CCCC2)C1)C(=O)O. The van der Waals surface area contributed by atoms with E-state index >= 15 is 0 Å². The zero-order valence-electron chi connectivity index (χ0n) is 12.4. The molecule has 2 aliphatic rings. The van der Waals surface area contributed by atoms with Crippen LogP contribution in [0.15, 0.2) is 0 Å². The second-order valence-corrected chi connectivity index (χ2v) is 6.21. The van der Waals surface area contributed by atoms with E-state index in [0.29, 0.717) is 6.04 Å². The number of hydrogen-bond donors (Lipinski definition) is 1. The first-order valence-corrected chi connectivity index (χ1v) is 7.81. The van der Waals surface area contributed by atoms with Crippen molar-refractivity contribution >= 4 is 5.97 Å². The fraction of sp³-hybridized carbons (Fsp3) is 0.933. The summed E-state index contributed by atoms with van der Waals surface area (Å²) in [4.78, 5) is 16.5. The highest BCUT2D eigenvalue weighted by atomic mass is 16.4. The highest BCUT2D eigenvalue weighted by Gasteiger charge is 2.39. The van der Waals surface area contributed by atoms with Gasteiger partial charge in [0.25, 0.3) is 0 Å². The minimum absolute atomic E-state index is 0.542.